The summed E-state index contributed by atoms with van der Waals surface area (Å²) in [6, 6.07) is 9.06. The third kappa shape index (κ3) is 4.74. The number of ether oxygens (including phenoxy) is 1. The summed E-state index contributed by atoms with van der Waals surface area (Å²) < 4.78 is 38.3. The number of piperidine rings is 1. The molecule has 0 unspecified atom stereocenters. The van der Waals surface area contributed by atoms with Crippen LogP contribution >= 0.6 is 0 Å². The Balaban J connectivity index is 1.15. The monoisotopic (exact) mass is 482 g/mol. The highest BCUT2D eigenvalue weighted by molar-refractivity contribution is 7.89. The molecule has 9 nitrogen and oxygen atoms in total. The Hall–Kier alpha value is -3.11. The first-order valence-corrected chi connectivity index (χ1v) is 13.0. The molecule has 0 radical (unpaired) electrons. The molecular weight excluding hydrogens is 456 g/mol. The van der Waals surface area contributed by atoms with Gasteiger partial charge in [0, 0.05) is 31.0 Å². The van der Waals surface area contributed by atoms with Gasteiger partial charge < -0.3 is 9.26 Å². The van der Waals surface area contributed by atoms with Gasteiger partial charge in [0.2, 0.25) is 15.8 Å². The highest BCUT2D eigenvalue weighted by Gasteiger charge is 2.33. The number of hydrogen-bond donors (Lipinski definition) is 0. The number of sulfonamides is 1. The lowest BCUT2D eigenvalue weighted by Crippen LogP contribution is -2.40. The summed E-state index contributed by atoms with van der Waals surface area (Å²) in [5.41, 5.74) is 3.09. The number of carbonyl (C=O) groups is 1. The summed E-state index contributed by atoms with van der Waals surface area (Å²) >= 11 is 0. The summed E-state index contributed by atoms with van der Waals surface area (Å²) in [5, 5.41) is 3.88. The molecule has 0 saturated carbocycles. The van der Waals surface area contributed by atoms with Crippen molar-refractivity contribution in [1.82, 2.24) is 19.4 Å². The van der Waals surface area contributed by atoms with E-state index in [0.29, 0.717) is 29.1 Å². The summed E-state index contributed by atoms with van der Waals surface area (Å²) in [6.45, 7) is 0.440. The molecule has 1 aromatic carbocycles. The summed E-state index contributed by atoms with van der Waals surface area (Å²) in [7, 11) is -3.58. The topological polar surface area (TPSA) is 115 Å². The number of hydrogen-bond acceptors (Lipinski definition) is 8. The van der Waals surface area contributed by atoms with E-state index >= 15 is 0 Å². The lowest BCUT2D eigenvalue weighted by molar-refractivity contribution is -0.152. The molecule has 2 aromatic heterocycles. The van der Waals surface area contributed by atoms with E-state index in [-0.39, 0.29) is 37.5 Å². The standard InChI is InChI=1S/C24H26N4O5S/c29-24(32-16-22-26-23(27-33-22)20-6-3-11-25-15-20)18-9-12-28(13-10-18)34(30,31)21-8-7-17-4-1-2-5-19(17)14-21/h3,6-8,11,14-15,18H,1-2,4-5,9-10,12-13,16H2. The molecule has 0 bridgehead atoms. The Bertz CT molecular complexity index is 1270. The maximum Gasteiger partial charge on any atom is 0.309 e. The predicted octanol–water partition coefficient (Wildman–Crippen LogP) is 3.15. The highest BCUT2D eigenvalue weighted by atomic mass is 32.2. The Morgan fingerprint density at radius 3 is 2.68 bits per heavy atom. The van der Waals surface area contributed by atoms with Crippen LogP contribution in [0.25, 0.3) is 11.4 Å². The number of rotatable bonds is 6. The van der Waals surface area contributed by atoms with Crippen LogP contribution in [0.15, 0.2) is 52.1 Å². The molecule has 10 heteroatoms. The van der Waals surface area contributed by atoms with Crippen LogP contribution in [-0.2, 0) is 39.0 Å². The number of esters is 1. The van der Waals surface area contributed by atoms with Gasteiger partial charge in [0.1, 0.15) is 0 Å². The van der Waals surface area contributed by atoms with Crippen molar-refractivity contribution in [3.8, 4) is 11.4 Å². The zero-order valence-electron chi connectivity index (χ0n) is 18.7. The maximum absolute atomic E-state index is 13.2. The number of aromatic nitrogens is 3. The Morgan fingerprint density at radius 1 is 1.12 bits per heavy atom. The van der Waals surface area contributed by atoms with Gasteiger partial charge in [-0.15, -0.1) is 0 Å². The number of carbonyl (C=O) groups excluding carboxylic acids is 1. The van der Waals surface area contributed by atoms with E-state index in [9.17, 15) is 13.2 Å². The van der Waals surface area contributed by atoms with Crippen LogP contribution in [0.5, 0.6) is 0 Å². The van der Waals surface area contributed by atoms with Gasteiger partial charge >= 0.3 is 5.97 Å². The molecule has 0 spiro atoms. The van der Waals surface area contributed by atoms with E-state index in [1.54, 1.807) is 30.6 Å². The van der Waals surface area contributed by atoms with Crippen molar-refractivity contribution >= 4 is 16.0 Å². The SMILES string of the molecule is O=C(OCc1nc(-c2cccnc2)no1)C1CCN(S(=O)(=O)c2ccc3c(c2)CCCC3)CC1. The second-order valence-corrected chi connectivity index (χ2v) is 10.6. The first kappa shape index (κ1) is 22.7. The van der Waals surface area contributed by atoms with Crippen molar-refractivity contribution in [1.29, 1.82) is 0 Å². The van der Waals surface area contributed by atoms with Crippen molar-refractivity contribution in [2.45, 2.75) is 50.0 Å². The molecule has 178 valence electrons. The number of pyridine rings is 1. The van der Waals surface area contributed by atoms with Crippen molar-refractivity contribution in [3.63, 3.8) is 0 Å². The van der Waals surface area contributed by atoms with E-state index in [4.69, 9.17) is 9.26 Å². The van der Waals surface area contributed by atoms with Crippen LogP contribution in [-0.4, -0.2) is 46.9 Å². The fourth-order valence-corrected chi connectivity index (χ4v) is 6.05. The normalized spacial score (nSPS) is 17.3. The van der Waals surface area contributed by atoms with E-state index < -0.39 is 10.0 Å². The van der Waals surface area contributed by atoms with Gasteiger partial charge in [-0.3, -0.25) is 9.78 Å². The van der Waals surface area contributed by atoms with Crippen molar-refractivity contribution < 1.29 is 22.5 Å². The van der Waals surface area contributed by atoms with Crippen molar-refractivity contribution in [2.75, 3.05) is 13.1 Å². The molecule has 5 rings (SSSR count). The Kier molecular flexibility index (Phi) is 6.42. The third-order valence-corrected chi connectivity index (χ3v) is 8.37. The Morgan fingerprint density at radius 2 is 1.91 bits per heavy atom. The van der Waals surface area contributed by atoms with Crippen molar-refractivity contribution in [3.05, 3.63) is 59.7 Å². The minimum Gasteiger partial charge on any atom is -0.455 e. The average molecular weight is 483 g/mol. The fraction of sp³-hybridized carbons (Fsp3) is 0.417. The lowest BCUT2D eigenvalue weighted by Gasteiger charge is -2.30. The zero-order chi connectivity index (χ0) is 23.5. The Labute approximate surface area is 198 Å². The molecule has 1 fully saturated rings. The van der Waals surface area contributed by atoms with Gasteiger partial charge in [0.15, 0.2) is 6.61 Å². The molecule has 1 saturated heterocycles. The quantitative estimate of drug-likeness (QED) is 0.492. The van der Waals surface area contributed by atoms with Crippen LogP contribution in [0, 0.1) is 5.92 Å². The van der Waals surface area contributed by atoms with Gasteiger partial charge in [-0.2, -0.15) is 9.29 Å². The van der Waals surface area contributed by atoms with Crippen LogP contribution in [0.4, 0.5) is 0 Å². The van der Waals surface area contributed by atoms with E-state index in [1.165, 1.54) is 9.87 Å². The molecule has 34 heavy (non-hydrogen) atoms. The lowest BCUT2D eigenvalue weighted by atomic mass is 9.92. The van der Waals surface area contributed by atoms with Crippen LogP contribution in [0.2, 0.25) is 0 Å². The average Bonchev–Trinajstić information content (AvgIpc) is 3.37. The molecule has 0 N–H and O–H groups in total. The van der Waals surface area contributed by atoms with Crippen LogP contribution < -0.4 is 0 Å². The molecule has 3 heterocycles. The minimum atomic E-state index is -3.58. The molecule has 1 aliphatic carbocycles. The maximum atomic E-state index is 13.2. The van der Waals surface area contributed by atoms with Gasteiger partial charge in [-0.25, -0.2) is 8.42 Å². The first-order valence-electron chi connectivity index (χ1n) is 11.5. The smallest absolute Gasteiger partial charge is 0.309 e. The molecule has 0 amide bonds. The highest BCUT2D eigenvalue weighted by Crippen LogP contribution is 2.28. The van der Waals surface area contributed by atoms with Crippen LogP contribution in [0.3, 0.4) is 0 Å². The molecule has 2 aliphatic rings. The van der Waals surface area contributed by atoms with Gasteiger partial charge in [0.25, 0.3) is 5.89 Å². The van der Waals surface area contributed by atoms with Crippen LogP contribution in [0.1, 0.15) is 42.7 Å². The third-order valence-electron chi connectivity index (χ3n) is 6.47. The fourth-order valence-electron chi connectivity index (χ4n) is 4.53. The van der Waals surface area contributed by atoms with E-state index in [0.717, 1.165) is 31.2 Å². The second kappa shape index (κ2) is 9.63. The molecular formula is C24H26N4O5S. The van der Waals surface area contributed by atoms with E-state index in [2.05, 4.69) is 15.1 Å². The number of fused-ring (bicyclic) bond motifs is 1. The first-order chi connectivity index (χ1) is 16.5. The predicted molar refractivity (Wildman–Crippen MR) is 122 cm³/mol. The largest absolute Gasteiger partial charge is 0.455 e. The number of benzene rings is 1. The van der Waals surface area contributed by atoms with Gasteiger partial charge in [0.05, 0.1) is 10.8 Å². The molecule has 1 aliphatic heterocycles. The summed E-state index contributed by atoms with van der Waals surface area (Å²) in [6.07, 6.45) is 8.27. The number of nitrogens with zero attached hydrogens (tertiary/aromatic N) is 4. The second-order valence-electron chi connectivity index (χ2n) is 8.68. The molecule has 0 atom stereocenters. The summed E-state index contributed by atoms with van der Waals surface area (Å²) in [5.74, 6) is -0.179. The summed E-state index contributed by atoms with van der Waals surface area (Å²) in [4.78, 5) is 21.1. The minimum absolute atomic E-state index is 0.125. The van der Waals surface area contributed by atoms with Gasteiger partial charge in [-0.05, 0) is 73.9 Å². The molecule has 3 aromatic rings. The number of aryl methyl sites for hydroxylation is 2. The zero-order valence-corrected chi connectivity index (χ0v) is 19.5. The van der Waals surface area contributed by atoms with Crippen molar-refractivity contribution in [2.24, 2.45) is 5.92 Å². The van der Waals surface area contributed by atoms with E-state index in [1.807, 2.05) is 12.1 Å². The van der Waals surface area contributed by atoms with Gasteiger partial charge in [-0.1, -0.05) is 11.2 Å².